The number of hydrogen-bond donors (Lipinski definition) is 1. The molecule has 0 bridgehead atoms. The highest BCUT2D eigenvalue weighted by molar-refractivity contribution is 5.68. The second-order valence-corrected chi connectivity index (χ2v) is 15.1. The Balaban J connectivity index is 0.000000246. The van der Waals surface area contributed by atoms with Gasteiger partial charge in [-0.15, -0.1) is 10.2 Å². The third-order valence-electron chi connectivity index (χ3n) is 8.42. The van der Waals surface area contributed by atoms with Crippen molar-refractivity contribution in [3.63, 3.8) is 0 Å². The Morgan fingerprint density at radius 3 is 1.55 bits per heavy atom. The highest BCUT2D eigenvalue weighted by Gasteiger charge is 2.33. The smallest absolute Gasteiger partial charge is 0.416 e. The predicted molar refractivity (Wildman–Crippen MR) is 187 cm³/mol. The van der Waals surface area contributed by atoms with E-state index < -0.39 is 34.7 Å². The maximum atomic E-state index is 13.1. The van der Waals surface area contributed by atoms with E-state index in [-0.39, 0.29) is 29.1 Å². The number of hydrogen-bond acceptors (Lipinski definition) is 10. The third-order valence-corrected chi connectivity index (χ3v) is 8.42. The summed E-state index contributed by atoms with van der Waals surface area (Å²) in [4.78, 5) is 31.5. The average Bonchev–Trinajstić information content (AvgIpc) is 3.62. The molecule has 2 aliphatic heterocycles. The molecule has 1 aromatic heterocycles. The van der Waals surface area contributed by atoms with Gasteiger partial charge in [0.15, 0.2) is 0 Å². The monoisotopic (exact) mass is 781 g/mol. The zero-order valence-electron chi connectivity index (χ0n) is 31.5. The number of carbonyl (C=O) groups excluding carboxylic acids is 2. The maximum Gasteiger partial charge on any atom is 0.416 e. The molecule has 3 aromatic rings. The molecule has 5 rings (SSSR count). The fourth-order valence-corrected chi connectivity index (χ4v) is 5.68. The lowest BCUT2D eigenvalue weighted by atomic mass is 10.0. The number of amides is 2. The van der Waals surface area contributed by atoms with E-state index in [1.54, 1.807) is 30.6 Å². The Morgan fingerprint density at radius 2 is 1.15 bits per heavy atom. The van der Waals surface area contributed by atoms with E-state index in [1.807, 2.05) is 31.7 Å². The minimum absolute atomic E-state index is 0.0226. The van der Waals surface area contributed by atoms with Crippen LogP contribution in [-0.2, 0) is 34.9 Å². The Kier molecular flexibility index (Phi) is 13.4. The van der Waals surface area contributed by atoms with Crippen molar-refractivity contribution >= 4 is 12.2 Å². The van der Waals surface area contributed by atoms with Crippen LogP contribution in [0.1, 0.15) is 69.4 Å². The standard InChI is InChI=1S/C18H23F3N6O2.C18H22F3N3O2/c1-17(2,3)29-16(28)27-8-6-26(7-9-27)11-12-4-5-13(18(19,20)21)10-14(12)15-22-24-25-23-15;1-17(2,3)26-16(25)24-8-6-23(7-9-24)12-13-4-5-15(18(19,20)21)10-14(13)11-22/h4-5,10H,6-9,11H2,1-3H3,(H,22,23,24,25);4-5,10H,6-9,12H2,1-3H3. The summed E-state index contributed by atoms with van der Waals surface area (Å²) in [6.45, 7) is 15.8. The second kappa shape index (κ2) is 17.2. The number of alkyl halides is 6. The fourth-order valence-electron chi connectivity index (χ4n) is 5.68. The predicted octanol–water partition coefficient (Wildman–Crippen LogP) is 6.57. The number of tetrazole rings is 1. The number of halogens is 6. The summed E-state index contributed by atoms with van der Waals surface area (Å²) >= 11 is 0. The molecule has 0 unspecified atom stereocenters. The number of aromatic nitrogens is 4. The highest BCUT2D eigenvalue weighted by Crippen LogP contribution is 2.34. The van der Waals surface area contributed by atoms with Gasteiger partial charge in [-0.25, -0.2) is 9.59 Å². The van der Waals surface area contributed by atoms with Crippen LogP contribution < -0.4 is 0 Å². The van der Waals surface area contributed by atoms with E-state index >= 15 is 0 Å². The molecule has 2 saturated heterocycles. The highest BCUT2D eigenvalue weighted by atomic mass is 19.4. The molecule has 13 nitrogen and oxygen atoms in total. The second-order valence-electron chi connectivity index (χ2n) is 15.1. The van der Waals surface area contributed by atoms with Crippen molar-refractivity contribution in [3.8, 4) is 17.5 Å². The van der Waals surface area contributed by atoms with Crippen LogP contribution >= 0.6 is 0 Å². The first kappa shape index (κ1) is 42.8. The largest absolute Gasteiger partial charge is 0.444 e. The van der Waals surface area contributed by atoms with Crippen molar-refractivity contribution in [2.24, 2.45) is 0 Å². The molecule has 0 saturated carbocycles. The molecule has 55 heavy (non-hydrogen) atoms. The van der Waals surface area contributed by atoms with Crippen LogP contribution in [0.4, 0.5) is 35.9 Å². The van der Waals surface area contributed by atoms with Crippen molar-refractivity contribution in [2.45, 2.75) is 78.2 Å². The molecule has 2 fully saturated rings. The molecule has 2 aliphatic rings. The molecule has 19 heteroatoms. The summed E-state index contributed by atoms with van der Waals surface area (Å²) in [6.07, 6.45) is -9.66. The van der Waals surface area contributed by atoms with Gasteiger partial charge >= 0.3 is 24.5 Å². The molecule has 0 radical (unpaired) electrons. The summed E-state index contributed by atoms with van der Waals surface area (Å²) in [7, 11) is 0. The average molecular weight is 782 g/mol. The molecule has 1 N–H and O–H groups in total. The van der Waals surface area contributed by atoms with Crippen molar-refractivity contribution in [2.75, 3.05) is 52.4 Å². The van der Waals surface area contributed by atoms with Crippen LogP contribution in [0.15, 0.2) is 36.4 Å². The van der Waals surface area contributed by atoms with Gasteiger partial charge in [0.25, 0.3) is 0 Å². The van der Waals surface area contributed by atoms with Crippen molar-refractivity contribution in [3.05, 3.63) is 64.2 Å². The zero-order chi connectivity index (χ0) is 40.8. The summed E-state index contributed by atoms with van der Waals surface area (Å²) in [5, 5.41) is 22.5. The summed E-state index contributed by atoms with van der Waals surface area (Å²) in [6, 6.07) is 8.59. The SMILES string of the molecule is CC(C)(C)OC(=O)N1CCN(Cc2ccc(C(F)(F)F)cc2-c2nn[nH]n2)CC1.CC(C)(C)OC(=O)N1CCN(Cc2ccc(C(F)(F)F)cc2C#N)CC1. The first-order valence-corrected chi connectivity index (χ1v) is 17.5. The van der Waals surface area contributed by atoms with Crippen LogP contribution in [0.5, 0.6) is 0 Å². The third kappa shape index (κ3) is 12.8. The van der Waals surface area contributed by atoms with Gasteiger partial charge in [-0.2, -0.15) is 36.8 Å². The van der Waals surface area contributed by atoms with Gasteiger partial charge in [0, 0.05) is 71.0 Å². The van der Waals surface area contributed by atoms with Gasteiger partial charge in [-0.3, -0.25) is 9.80 Å². The number of nitrogens with one attached hydrogen (secondary N) is 1. The maximum absolute atomic E-state index is 13.1. The van der Waals surface area contributed by atoms with E-state index in [0.29, 0.717) is 76.6 Å². The number of benzene rings is 2. The first-order chi connectivity index (χ1) is 25.5. The van der Waals surface area contributed by atoms with E-state index in [4.69, 9.17) is 14.7 Å². The lowest BCUT2D eigenvalue weighted by Gasteiger charge is -2.35. The number of ether oxygens (including phenoxy) is 2. The van der Waals surface area contributed by atoms with Gasteiger partial charge < -0.3 is 19.3 Å². The number of nitriles is 1. The van der Waals surface area contributed by atoms with Crippen LogP contribution in [-0.4, -0.2) is 116 Å². The summed E-state index contributed by atoms with van der Waals surface area (Å²) < 4.78 is 88.3. The quantitative estimate of drug-likeness (QED) is 0.283. The summed E-state index contributed by atoms with van der Waals surface area (Å²) in [5.41, 5.74) is -1.21. The number of H-pyrrole nitrogens is 1. The topological polar surface area (TPSA) is 144 Å². The van der Waals surface area contributed by atoms with E-state index in [0.717, 1.165) is 24.3 Å². The fraction of sp³-hybridized carbons (Fsp3) is 0.556. The van der Waals surface area contributed by atoms with Crippen molar-refractivity contribution in [1.29, 1.82) is 5.26 Å². The van der Waals surface area contributed by atoms with Gasteiger partial charge in [0.2, 0.25) is 5.82 Å². The molecule has 0 spiro atoms. The number of carbonyl (C=O) groups is 2. The Bertz CT molecular complexity index is 1800. The van der Waals surface area contributed by atoms with Crippen LogP contribution in [0.3, 0.4) is 0 Å². The first-order valence-electron chi connectivity index (χ1n) is 17.5. The molecule has 2 amide bonds. The number of piperazine rings is 2. The van der Waals surface area contributed by atoms with Crippen molar-refractivity contribution < 1.29 is 45.4 Å². The number of aromatic amines is 1. The van der Waals surface area contributed by atoms with E-state index in [1.165, 1.54) is 12.1 Å². The Labute approximate surface area is 315 Å². The zero-order valence-corrected chi connectivity index (χ0v) is 31.5. The molecule has 0 aliphatic carbocycles. The van der Waals surface area contributed by atoms with Crippen LogP contribution in [0, 0.1) is 11.3 Å². The van der Waals surface area contributed by atoms with Gasteiger partial charge in [0.1, 0.15) is 11.2 Å². The number of nitrogens with zero attached hydrogens (tertiary/aromatic N) is 8. The van der Waals surface area contributed by atoms with Crippen LogP contribution in [0.25, 0.3) is 11.4 Å². The van der Waals surface area contributed by atoms with Gasteiger partial charge in [-0.05, 0) is 82.1 Å². The molecular weight excluding hydrogens is 736 g/mol. The Hall–Kier alpha value is -4.96. The van der Waals surface area contributed by atoms with E-state index in [9.17, 15) is 35.9 Å². The van der Waals surface area contributed by atoms with E-state index in [2.05, 4.69) is 25.5 Å². The minimum atomic E-state index is -4.47. The van der Waals surface area contributed by atoms with Crippen molar-refractivity contribution in [1.82, 2.24) is 40.2 Å². The lowest BCUT2D eigenvalue weighted by Crippen LogP contribution is -2.49. The molecule has 3 heterocycles. The molecule has 300 valence electrons. The normalized spacial score (nSPS) is 16.2. The molecular formula is C36H45F6N9O4. The molecule has 2 aromatic carbocycles. The minimum Gasteiger partial charge on any atom is -0.444 e. The summed E-state index contributed by atoms with van der Waals surface area (Å²) in [5.74, 6) is 0.110. The van der Waals surface area contributed by atoms with Gasteiger partial charge in [-0.1, -0.05) is 12.1 Å². The number of rotatable bonds is 5. The molecule has 0 atom stereocenters. The Morgan fingerprint density at radius 1 is 0.709 bits per heavy atom. The lowest BCUT2D eigenvalue weighted by molar-refractivity contribution is -0.138. The van der Waals surface area contributed by atoms with Crippen LogP contribution in [0.2, 0.25) is 0 Å². The van der Waals surface area contributed by atoms with Gasteiger partial charge in [0.05, 0.1) is 22.8 Å².